The Labute approximate surface area is 75.4 Å². The third kappa shape index (κ3) is 7.98. The van der Waals surface area contributed by atoms with E-state index >= 15 is 0 Å². The second kappa shape index (κ2) is 8.97. The fourth-order valence-electron chi connectivity index (χ4n) is 0.979. The summed E-state index contributed by atoms with van der Waals surface area (Å²) in [6, 6.07) is 0. The third-order valence-electron chi connectivity index (χ3n) is 1.74. The summed E-state index contributed by atoms with van der Waals surface area (Å²) in [4.78, 5) is 0. The van der Waals surface area contributed by atoms with Crippen LogP contribution in [0.4, 0.5) is 0 Å². The van der Waals surface area contributed by atoms with Crippen molar-refractivity contribution < 1.29 is 9.47 Å². The Hall–Kier alpha value is -0.120. The molecule has 0 saturated carbocycles. The first-order chi connectivity index (χ1) is 5.81. The molecule has 0 spiro atoms. The molecule has 1 N–H and O–H groups in total. The van der Waals surface area contributed by atoms with Crippen molar-refractivity contribution in [1.29, 1.82) is 0 Å². The Bertz CT molecular complexity index is 88.6. The molecule has 1 atom stereocenters. The number of ether oxygens (including phenoxy) is 2. The van der Waals surface area contributed by atoms with Gasteiger partial charge in [-0.05, 0) is 25.9 Å². The highest BCUT2D eigenvalue weighted by Gasteiger charge is 1.99. The van der Waals surface area contributed by atoms with Gasteiger partial charge in [0.1, 0.15) is 0 Å². The fourth-order valence-corrected chi connectivity index (χ4v) is 0.979. The summed E-state index contributed by atoms with van der Waals surface area (Å²) in [7, 11) is 3.66. The minimum Gasteiger partial charge on any atom is -0.382 e. The van der Waals surface area contributed by atoms with E-state index in [9.17, 15) is 0 Å². The van der Waals surface area contributed by atoms with Crippen molar-refractivity contribution in [2.45, 2.75) is 13.3 Å². The van der Waals surface area contributed by atoms with Crippen LogP contribution >= 0.6 is 0 Å². The first-order valence-corrected chi connectivity index (χ1v) is 4.52. The predicted octanol–water partition coefficient (Wildman–Crippen LogP) is 0.895. The summed E-state index contributed by atoms with van der Waals surface area (Å²) in [5.41, 5.74) is 0. The van der Waals surface area contributed by atoms with E-state index in [1.165, 1.54) is 0 Å². The Morgan fingerprint density at radius 3 is 2.58 bits per heavy atom. The molecule has 0 fully saturated rings. The highest BCUT2D eigenvalue weighted by molar-refractivity contribution is 4.53. The van der Waals surface area contributed by atoms with Crippen LogP contribution in [-0.2, 0) is 9.47 Å². The maximum absolute atomic E-state index is 5.34. The van der Waals surface area contributed by atoms with E-state index < -0.39 is 0 Å². The van der Waals surface area contributed by atoms with Crippen LogP contribution in [0.25, 0.3) is 0 Å². The first kappa shape index (κ1) is 11.9. The first-order valence-electron chi connectivity index (χ1n) is 4.52. The third-order valence-corrected chi connectivity index (χ3v) is 1.74. The molecular weight excluding hydrogens is 154 g/mol. The molecule has 0 saturated heterocycles. The Balaban J connectivity index is 2.97. The molecular formula is C9H21NO2. The van der Waals surface area contributed by atoms with Crippen LogP contribution in [0.15, 0.2) is 0 Å². The average Bonchev–Trinajstić information content (AvgIpc) is 2.05. The monoisotopic (exact) mass is 175 g/mol. The van der Waals surface area contributed by atoms with Crippen LogP contribution in [0.2, 0.25) is 0 Å². The number of methoxy groups -OCH3 is 1. The highest BCUT2D eigenvalue weighted by atomic mass is 16.5. The van der Waals surface area contributed by atoms with Crippen molar-refractivity contribution in [3.63, 3.8) is 0 Å². The van der Waals surface area contributed by atoms with Crippen LogP contribution in [0, 0.1) is 5.92 Å². The zero-order chi connectivity index (χ0) is 9.23. The molecule has 74 valence electrons. The molecule has 12 heavy (non-hydrogen) atoms. The molecule has 1 unspecified atom stereocenters. The largest absolute Gasteiger partial charge is 0.382 e. The molecule has 3 nitrogen and oxygen atoms in total. The molecule has 0 radical (unpaired) electrons. The van der Waals surface area contributed by atoms with Gasteiger partial charge in [-0.1, -0.05) is 6.92 Å². The van der Waals surface area contributed by atoms with Crippen molar-refractivity contribution in [2.24, 2.45) is 5.92 Å². The van der Waals surface area contributed by atoms with E-state index in [0.717, 1.165) is 19.6 Å². The molecule has 0 aromatic rings. The van der Waals surface area contributed by atoms with Gasteiger partial charge in [0, 0.05) is 13.7 Å². The summed E-state index contributed by atoms with van der Waals surface area (Å²) >= 11 is 0. The second-order valence-corrected chi connectivity index (χ2v) is 3.06. The molecule has 0 aliphatic rings. The van der Waals surface area contributed by atoms with Gasteiger partial charge in [0.2, 0.25) is 0 Å². The molecule has 3 heteroatoms. The molecule has 0 aromatic carbocycles. The molecule has 0 aromatic heterocycles. The molecule has 0 bridgehead atoms. The predicted molar refractivity (Wildman–Crippen MR) is 50.4 cm³/mol. The standard InChI is InChI=1S/C9H21NO2/c1-9(8-10-2)4-5-12-7-6-11-3/h9-10H,4-8H2,1-3H3. The zero-order valence-corrected chi connectivity index (χ0v) is 8.43. The summed E-state index contributed by atoms with van der Waals surface area (Å²) in [5.74, 6) is 0.692. The van der Waals surface area contributed by atoms with E-state index in [4.69, 9.17) is 9.47 Å². The lowest BCUT2D eigenvalue weighted by Gasteiger charge is -2.10. The topological polar surface area (TPSA) is 30.5 Å². The molecule has 0 amide bonds. The van der Waals surface area contributed by atoms with Gasteiger partial charge in [-0.25, -0.2) is 0 Å². The fraction of sp³-hybridized carbons (Fsp3) is 1.00. The van der Waals surface area contributed by atoms with E-state index in [2.05, 4.69) is 12.2 Å². The average molecular weight is 175 g/mol. The lowest BCUT2D eigenvalue weighted by molar-refractivity contribution is 0.0646. The summed E-state index contributed by atoms with van der Waals surface area (Å²) in [6.07, 6.45) is 1.12. The van der Waals surface area contributed by atoms with Gasteiger partial charge < -0.3 is 14.8 Å². The maximum atomic E-state index is 5.34. The van der Waals surface area contributed by atoms with Gasteiger partial charge in [-0.2, -0.15) is 0 Å². The number of hydrogen-bond donors (Lipinski definition) is 1. The number of hydrogen-bond acceptors (Lipinski definition) is 3. The van der Waals surface area contributed by atoms with E-state index in [0.29, 0.717) is 19.1 Å². The minimum absolute atomic E-state index is 0.692. The molecule has 0 aliphatic heterocycles. The van der Waals surface area contributed by atoms with Crippen molar-refractivity contribution in [2.75, 3.05) is 40.5 Å². The molecule has 0 heterocycles. The lowest BCUT2D eigenvalue weighted by Crippen LogP contribution is -2.18. The van der Waals surface area contributed by atoms with Crippen LogP contribution in [-0.4, -0.2) is 40.5 Å². The Morgan fingerprint density at radius 2 is 2.00 bits per heavy atom. The van der Waals surface area contributed by atoms with Gasteiger partial charge >= 0.3 is 0 Å². The normalized spacial score (nSPS) is 13.2. The van der Waals surface area contributed by atoms with Crippen molar-refractivity contribution in [1.82, 2.24) is 5.32 Å². The molecule has 0 aliphatic carbocycles. The number of rotatable bonds is 8. The smallest absolute Gasteiger partial charge is 0.0700 e. The van der Waals surface area contributed by atoms with Crippen LogP contribution in [0.3, 0.4) is 0 Å². The van der Waals surface area contributed by atoms with Gasteiger partial charge in [0.15, 0.2) is 0 Å². The van der Waals surface area contributed by atoms with Crippen LogP contribution in [0.5, 0.6) is 0 Å². The SMILES string of the molecule is CNCC(C)CCOCCOC. The Morgan fingerprint density at radius 1 is 1.25 bits per heavy atom. The van der Waals surface area contributed by atoms with E-state index in [-0.39, 0.29) is 0 Å². The summed E-state index contributed by atoms with van der Waals surface area (Å²) in [6.45, 7) is 5.53. The van der Waals surface area contributed by atoms with Crippen LogP contribution in [0.1, 0.15) is 13.3 Å². The highest BCUT2D eigenvalue weighted by Crippen LogP contribution is 1.99. The van der Waals surface area contributed by atoms with Crippen LogP contribution < -0.4 is 5.32 Å². The van der Waals surface area contributed by atoms with Gasteiger partial charge in [-0.15, -0.1) is 0 Å². The van der Waals surface area contributed by atoms with Crippen molar-refractivity contribution in [3.05, 3.63) is 0 Å². The van der Waals surface area contributed by atoms with Gasteiger partial charge in [0.05, 0.1) is 13.2 Å². The summed E-state index contributed by atoms with van der Waals surface area (Å²) in [5, 5.41) is 3.14. The van der Waals surface area contributed by atoms with Gasteiger partial charge in [-0.3, -0.25) is 0 Å². The second-order valence-electron chi connectivity index (χ2n) is 3.06. The van der Waals surface area contributed by atoms with Crippen molar-refractivity contribution in [3.8, 4) is 0 Å². The van der Waals surface area contributed by atoms with E-state index in [1.807, 2.05) is 7.05 Å². The minimum atomic E-state index is 0.692. The Kier molecular flexibility index (Phi) is 8.88. The molecule has 0 rings (SSSR count). The van der Waals surface area contributed by atoms with Gasteiger partial charge in [0.25, 0.3) is 0 Å². The zero-order valence-electron chi connectivity index (χ0n) is 8.43. The lowest BCUT2D eigenvalue weighted by atomic mass is 10.1. The summed E-state index contributed by atoms with van der Waals surface area (Å²) < 4.78 is 10.2. The maximum Gasteiger partial charge on any atom is 0.0700 e. The van der Waals surface area contributed by atoms with E-state index in [1.54, 1.807) is 7.11 Å². The van der Waals surface area contributed by atoms with Crippen molar-refractivity contribution >= 4 is 0 Å². The quantitative estimate of drug-likeness (QED) is 0.556. The number of nitrogens with one attached hydrogen (secondary N) is 1.